The van der Waals surface area contributed by atoms with Crippen LogP contribution in [0.4, 0.5) is 0 Å². The molecule has 0 saturated heterocycles. The Labute approximate surface area is 110 Å². The predicted octanol–water partition coefficient (Wildman–Crippen LogP) is 2.79. The fourth-order valence-corrected chi connectivity index (χ4v) is 2.56. The van der Waals surface area contributed by atoms with Crippen LogP contribution in [0.15, 0.2) is 36.4 Å². The van der Waals surface area contributed by atoms with Gasteiger partial charge >= 0.3 is 0 Å². The molecule has 4 nitrogen and oxygen atoms in total. The minimum Gasteiger partial charge on any atom is -0.492 e. The second-order valence-corrected chi connectivity index (χ2v) is 4.85. The zero-order valence-corrected chi connectivity index (χ0v) is 10.6. The molecule has 1 aromatic carbocycles. The zero-order valence-electron chi connectivity index (χ0n) is 10.6. The van der Waals surface area contributed by atoms with Gasteiger partial charge in [-0.05, 0) is 25.1 Å². The standard InChI is InChI=1S/C15H13N3O/c1-9-6-7-12-15(16-9)18-14(17-12)11-8-19-13-5-3-2-4-10(11)13/h2-7,11H,8H2,1H3,(H,16,17,18). The molecule has 94 valence electrons. The Kier molecular flexibility index (Phi) is 2.12. The molecule has 19 heavy (non-hydrogen) atoms. The number of aromatic amines is 1. The molecule has 0 fully saturated rings. The fourth-order valence-electron chi connectivity index (χ4n) is 2.56. The second kappa shape index (κ2) is 3.82. The molecule has 0 spiro atoms. The van der Waals surface area contributed by atoms with E-state index in [9.17, 15) is 0 Å². The maximum atomic E-state index is 5.70. The number of imidazole rings is 1. The smallest absolute Gasteiger partial charge is 0.177 e. The van der Waals surface area contributed by atoms with Crippen molar-refractivity contribution in [3.63, 3.8) is 0 Å². The first-order valence-electron chi connectivity index (χ1n) is 6.36. The van der Waals surface area contributed by atoms with Crippen LogP contribution >= 0.6 is 0 Å². The van der Waals surface area contributed by atoms with Crippen LogP contribution in [-0.4, -0.2) is 21.6 Å². The summed E-state index contributed by atoms with van der Waals surface area (Å²) < 4.78 is 5.70. The predicted molar refractivity (Wildman–Crippen MR) is 72.4 cm³/mol. The van der Waals surface area contributed by atoms with E-state index in [2.05, 4.69) is 21.0 Å². The van der Waals surface area contributed by atoms with Crippen molar-refractivity contribution in [2.24, 2.45) is 0 Å². The van der Waals surface area contributed by atoms with Crippen LogP contribution in [-0.2, 0) is 0 Å². The van der Waals surface area contributed by atoms with Crippen LogP contribution in [0.3, 0.4) is 0 Å². The van der Waals surface area contributed by atoms with Gasteiger partial charge in [0.15, 0.2) is 5.65 Å². The summed E-state index contributed by atoms with van der Waals surface area (Å²) in [6.07, 6.45) is 0. The first kappa shape index (κ1) is 10.6. The molecule has 4 rings (SSSR count). The molecule has 1 N–H and O–H groups in total. The number of pyridine rings is 1. The van der Waals surface area contributed by atoms with Gasteiger partial charge in [-0.3, -0.25) is 0 Å². The van der Waals surface area contributed by atoms with Crippen molar-refractivity contribution < 1.29 is 4.74 Å². The van der Waals surface area contributed by atoms with Crippen molar-refractivity contribution in [2.45, 2.75) is 12.8 Å². The summed E-state index contributed by atoms with van der Waals surface area (Å²) in [6.45, 7) is 2.61. The van der Waals surface area contributed by atoms with E-state index in [4.69, 9.17) is 4.74 Å². The van der Waals surface area contributed by atoms with Crippen molar-refractivity contribution in [3.8, 4) is 5.75 Å². The molecule has 0 aliphatic carbocycles. The van der Waals surface area contributed by atoms with Crippen LogP contribution in [0.25, 0.3) is 11.2 Å². The number of para-hydroxylation sites is 1. The number of nitrogens with one attached hydrogen (secondary N) is 1. The highest BCUT2D eigenvalue weighted by Crippen LogP contribution is 2.36. The number of nitrogens with zero attached hydrogens (tertiary/aromatic N) is 2. The summed E-state index contributed by atoms with van der Waals surface area (Å²) in [5, 5.41) is 0. The number of ether oxygens (including phenoxy) is 1. The first-order chi connectivity index (χ1) is 9.31. The number of aromatic nitrogens is 3. The van der Waals surface area contributed by atoms with Crippen LogP contribution in [0.1, 0.15) is 23.0 Å². The largest absolute Gasteiger partial charge is 0.492 e. The van der Waals surface area contributed by atoms with E-state index in [1.54, 1.807) is 0 Å². The molecule has 0 amide bonds. The molecule has 0 radical (unpaired) electrons. The number of hydrogen-bond donors (Lipinski definition) is 1. The molecule has 1 atom stereocenters. The SMILES string of the molecule is Cc1ccc2[nH]c(C3COc4ccccc43)nc2n1. The van der Waals surface area contributed by atoms with Gasteiger partial charge in [0, 0.05) is 11.3 Å². The lowest BCUT2D eigenvalue weighted by atomic mass is 10.0. The van der Waals surface area contributed by atoms with Gasteiger partial charge in [-0.2, -0.15) is 0 Å². The molecule has 1 unspecified atom stereocenters. The monoisotopic (exact) mass is 251 g/mol. The van der Waals surface area contributed by atoms with Crippen LogP contribution in [0, 0.1) is 6.92 Å². The van der Waals surface area contributed by atoms with E-state index in [-0.39, 0.29) is 5.92 Å². The minimum atomic E-state index is 0.172. The number of hydrogen-bond acceptors (Lipinski definition) is 3. The van der Waals surface area contributed by atoms with E-state index < -0.39 is 0 Å². The van der Waals surface area contributed by atoms with Crippen LogP contribution in [0.5, 0.6) is 5.75 Å². The van der Waals surface area contributed by atoms with Gasteiger partial charge < -0.3 is 9.72 Å². The summed E-state index contributed by atoms with van der Waals surface area (Å²) in [4.78, 5) is 12.4. The molecular formula is C15H13N3O. The average molecular weight is 251 g/mol. The maximum Gasteiger partial charge on any atom is 0.177 e. The lowest BCUT2D eigenvalue weighted by Crippen LogP contribution is -2.04. The molecule has 3 heterocycles. The number of benzene rings is 1. The molecule has 3 aromatic rings. The third kappa shape index (κ3) is 1.60. The number of fused-ring (bicyclic) bond motifs is 2. The van der Waals surface area contributed by atoms with E-state index in [1.165, 1.54) is 5.56 Å². The third-order valence-corrected chi connectivity index (χ3v) is 3.53. The highest BCUT2D eigenvalue weighted by molar-refractivity contribution is 5.71. The zero-order chi connectivity index (χ0) is 12.8. The molecule has 1 aliphatic heterocycles. The molecule has 4 heteroatoms. The van der Waals surface area contributed by atoms with Gasteiger partial charge in [0.1, 0.15) is 18.2 Å². The van der Waals surface area contributed by atoms with Crippen molar-refractivity contribution in [2.75, 3.05) is 6.61 Å². The molecule has 2 aromatic heterocycles. The van der Waals surface area contributed by atoms with Crippen LogP contribution < -0.4 is 4.74 Å². The summed E-state index contributed by atoms with van der Waals surface area (Å²) in [7, 11) is 0. The van der Waals surface area contributed by atoms with E-state index in [0.717, 1.165) is 28.4 Å². The quantitative estimate of drug-likeness (QED) is 0.723. The van der Waals surface area contributed by atoms with E-state index in [0.29, 0.717) is 6.61 Å². The van der Waals surface area contributed by atoms with E-state index in [1.807, 2.05) is 37.3 Å². The van der Waals surface area contributed by atoms with Crippen molar-refractivity contribution >= 4 is 11.2 Å². The summed E-state index contributed by atoms with van der Waals surface area (Å²) in [6, 6.07) is 12.1. The number of rotatable bonds is 1. The first-order valence-corrected chi connectivity index (χ1v) is 6.36. The van der Waals surface area contributed by atoms with Crippen molar-refractivity contribution in [3.05, 3.63) is 53.5 Å². The molecule has 1 aliphatic rings. The fraction of sp³-hybridized carbons (Fsp3) is 0.200. The van der Waals surface area contributed by atoms with Gasteiger partial charge in [-0.1, -0.05) is 18.2 Å². The molecule has 0 saturated carbocycles. The Morgan fingerprint density at radius 3 is 3.00 bits per heavy atom. The Morgan fingerprint density at radius 2 is 2.05 bits per heavy atom. The summed E-state index contributed by atoms with van der Waals surface area (Å²) in [5.74, 6) is 2.06. The van der Waals surface area contributed by atoms with Gasteiger partial charge in [0.25, 0.3) is 0 Å². The van der Waals surface area contributed by atoms with Crippen LogP contribution in [0.2, 0.25) is 0 Å². The number of aryl methyl sites for hydroxylation is 1. The van der Waals surface area contributed by atoms with E-state index >= 15 is 0 Å². The van der Waals surface area contributed by atoms with Gasteiger partial charge in [-0.25, -0.2) is 9.97 Å². The lowest BCUT2D eigenvalue weighted by molar-refractivity contribution is 0.340. The van der Waals surface area contributed by atoms with Crippen molar-refractivity contribution in [1.82, 2.24) is 15.0 Å². The van der Waals surface area contributed by atoms with Crippen molar-refractivity contribution in [1.29, 1.82) is 0 Å². The maximum absolute atomic E-state index is 5.70. The highest BCUT2D eigenvalue weighted by atomic mass is 16.5. The Bertz CT molecular complexity index is 763. The Balaban J connectivity index is 1.83. The summed E-state index contributed by atoms with van der Waals surface area (Å²) in [5.41, 5.74) is 3.93. The lowest BCUT2D eigenvalue weighted by Gasteiger charge is -2.03. The molecular weight excluding hydrogens is 238 g/mol. The average Bonchev–Trinajstić information content (AvgIpc) is 3.00. The highest BCUT2D eigenvalue weighted by Gasteiger charge is 2.27. The summed E-state index contributed by atoms with van der Waals surface area (Å²) >= 11 is 0. The Hall–Kier alpha value is -2.36. The molecule has 0 bridgehead atoms. The Morgan fingerprint density at radius 1 is 1.16 bits per heavy atom. The second-order valence-electron chi connectivity index (χ2n) is 4.85. The topological polar surface area (TPSA) is 50.8 Å². The number of H-pyrrole nitrogens is 1. The van der Waals surface area contributed by atoms with Gasteiger partial charge in [0.2, 0.25) is 0 Å². The van der Waals surface area contributed by atoms with Gasteiger partial charge in [-0.15, -0.1) is 0 Å². The third-order valence-electron chi connectivity index (χ3n) is 3.53. The normalized spacial score (nSPS) is 17.4. The van der Waals surface area contributed by atoms with Gasteiger partial charge in [0.05, 0.1) is 11.4 Å². The minimum absolute atomic E-state index is 0.172.